The van der Waals surface area contributed by atoms with Gasteiger partial charge in [-0.05, 0) is 25.8 Å². The summed E-state index contributed by atoms with van der Waals surface area (Å²) in [6.07, 6.45) is 6.29. The zero-order valence-electron chi connectivity index (χ0n) is 8.80. The van der Waals surface area contributed by atoms with E-state index in [0.29, 0.717) is 6.04 Å². The minimum Gasteiger partial charge on any atom is -0.354 e. The molecule has 0 radical (unpaired) electrons. The molecule has 1 saturated heterocycles. The van der Waals surface area contributed by atoms with Crippen molar-refractivity contribution in [2.24, 2.45) is 0 Å². The Morgan fingerprint density at radius 1 is 1.40 bits per heavy atom. The van der Waals surface area contributed by atoms with Crippen molar-refractivity contribution in [1.82, 2.24) is 14.6 Å². The fourth-order valence-corrected chi connectivity index (χ4v) is 2.24. The third-order valence-corrected chi connectivity index (χ3v) is 3.09. The molecular formula is C11H14N4. The number of hydrogen-bond donors (Lipinski definition) is 0. The normalized spacial score (nSPS) is 21.4. The van der Waals surface area contributed by atoms with Crippen LogP contribution in [0.15, 0.2) is 24.5 Å². The van der Waals surface area contributed by atoms with Crippen molar-refractivity contribution in [2.75, 3.05) is 11.4 Å². The van der Waals surface area contributed by atoms with Gasteiger partial charge in [0.2, 0.25) is 0 Å². The van der Waals surface area contributed by atoms with Crippen molar-refractivity contribution in [3.05, 3.63) is 24.5 Å². The van der Waals surface area contributed by atoms with Gasteiger partial charge in [0.15, 0.2) is 5.65 Å². The van der Waals surface area contributed by atoms with Gasteiger partial charge in [-0.3, -0.25) is 0 Å². The second-order valence-corrected chi connectivity index (χ2v) is 4.10. The van der Waals surface area contributed by atoms with Gasteiger partial charge in [0.1, 0.15) is 5.82 Å². The molecule has 15 heavy (non-hydrogen) atoms. The quantitative estimate of drug-likeness (QED) is 0.706. The zero-order chi connectivity index (χ0) is 10.3. The molecule has 4 heteroatoms. The summed E-state index contributed by atoms with van der Waals surface area (Å²) < 4.78 is 1.80. The zero-order valence-corrected chi connectivity index (χ0v) is 8.80. The Kier molecular flexibility index (Phi) is 1.87. The van der Waals surface area contributed by atoms with Crippen molar-refractivity contribution in [2.45, 2.75) is 25.8 Å². The van der Waals surface area contributed by atoms with Crippen LogP contribution in [-0.2, 0) is 0 Å². The minimum absolute atomic E-state index is 0.614. The summed E-state index contributed by atoms with van der Waals surface area (Å²) in [5.74, 6) is 1.08. The summed E-state index contributed by atoms with van der Waals surface area (Å²) in [4.78, 5) is 6.96. The molecule has 0 spiro atoms. The molecule has 0 bridgehead atoms. The Morgan fingerprint density at radius 2 is 2.33 bits per heavy atom. The van der Waals surface area contributed by atoms with E-state index in [2.05, 4.69) is 21.9 Å². The van der Waals surface area contributed by atoms with Crippen LogP contribution in [0.5, 0.6) is 0 Å². The van der Waals surface area contributed by atoms with E-state index in [1.54, 1.807) is 10.7 Å². The molecule has 1 aliphatic rings. The second-order valence-electron chi connectivity index (χ2n) is 4.10. The van der Waals surface area contributed by atoms with Crippen LogP contribution < -0.4 is 4.90 Å². The lowest BCUT2D eigenvalue weighted by molar-refractivity contribution is 0.726. The van der Waals surface area contributed by atoms with Gasteiger partial charge in [0.05, 0.1) is 6.20 Å². The first-order valence-electron chi connectivity index (χ1n) is 5.41. The van der Waals surface area contributed by atoms with E-state index in [-0.39, 0.29) is 0 Å². The standard InChI is InChI=1S/C11H14N4/c1-9-3-2-7-14(9)10-5-8-15-11(13-10)4-6-12-15/h4-6,8-9H,2-3,7H2,1H3. The number of nitrogens with zero attached hydrogens (tertiary/aromatic N) is 4. The molecule has 2 aromatic rings. The third kappa shape index (κ3) is 1.37. The molecule has 4 nitrogen and oxygen atoms in total. The van der Waals surface area contributed by atoms with Crippen molar-refractivity contribution in [3.63, 3.8) is 0 Å². The molecule has 1 atom stereocenters. The highest BCUT2D eigenvalue weighted by molar-refractivity contribution is 5.48. The summed E-state index contributed by atoms with van der Waals surface area (Å²) in [6.45, 7) is 3.38. The average Bonchev–Trinajstić information content (AvgIpc) is 2.84. The Balaban J connectivity index is 2.03. The maximum Gasteiger partial charge on any atom is 0.157 e. The lowest BCUT2D eigenvalue weighted by atomic mass is 10.2. The van der Waals surface area contributed by atoms with E-state index in [1.165, 1.54) is 12.8 Å². The number of hydrogen-bond acceptors (Lipinski definition) is 3. The largest absolute Gasteiger partial charge is 0.354 e. The number of rotatable bonds is 1. The smallest absolute Gasteiger partial charge is 0.157 e. The van der Waals surface area contributed by atoms with Gasteiger partial charge in [-0.15, -0.1) is 0 Å². The fourth-order valence-electron chi connectivity index (χ4n) is 2.24. The lowest BCUT2D eigenvalue weighted by Gasteiger charge is -2.22. The van der Waals surface area contributed by atoms with E-state index in [0.717, 1.165) is 18.0 Å². The highest BCUT2D eigenvalue weighted by Crippen LogP contribution is 2.23. The summed E-state index contributed by atoms with van der Waals surface area (Å²) in [6, 6.07) is 4.59. The first-order chi connectivity index (χ1) is 7.34. The summed E-state index contributed by atoms with van der Waals surface area (Å²) in [5, 5.41) is 4.14. The molecule has 3 heterocycles. The maximum absolute atomic E-state index is 4.59. The Morgan fingerprint density at radius 3 is 3.13 bits per heavy atom. The topological polar surface area (TPSA) is 33.4 Å². The lowest BCUT2D eigenvalue weighted by Crippen LogP contribution is -2.27. The molecule has 2 aromatic heterocycles. The molecule has 0 saturated carbocycles. The SMILES string of the molecule is CC1CCCN1c1ccn2nccc2n1. The van der Waals surface area contributed by atoms with Crippen LogP contribution in [-0.4, -0.2) is 27.2 Å². The van der Waals surface area contributed by atoms with Crippen LogP contribution >= 0.6 is 0 Å². The van der Waals surface area contributed by atoms with Crippen LogP contribution in [0.4, 0.5) is 5.82 Å². The van der Waals surface area contributed by atoms with Crippen molar-refractivity contribution >= 4 is 11.5 Å². The van der Waals surface area contributed by atoms with Crippen LogP contribution in [0.25, 0.3) is 5.65 Å². The van der Waals surface area contributed by atoms with Crippen LogP contribution in [0.3, 0.4) is 0 Å². The Bertz CT molecular complexity index is 476. The van der Waals surface area contributed by atoms with Gasteiger partial charge in [-0.25, -0.2) is 9.50 Å². The summed E-state index contributed by atoms with van der Waals surface area (Å²) in [5.41, 5.74) is 0.923. The fraction of sp³-hybridized carbons (Fsp3) is 0.455. The van der Waals surface area contributed by atoms with E-state index < -0.39 is 0 Å². The Hall–Kier alpha value is -1.58. The first kappa shape index (κ1) is 8.71. The molecular weight excluding hydrogens is 188 g/mol. The van der Waals surface area contributed by atoms with Gasteiger partial charge in [0, 0.05) is 24.8 Å². The highest BCUT2D eigenvalue weighted by Gasteiger charge is 2.21. The van der Waals surface area contributed by atoms with Crippen LogP contribution in [0.2, 0.25) is 0 Å². The van der Waals surface area contributed by atoms with E-state index in [1.807, 2.05) is 18.3 Å². The highest BCUT2D eigenvalue weighted by atomic mass is 15.3. The average molecular weight is 202 g/mol. The van der Waals surface area contributed by atoms with Crippen molar-refractivity contribution in [3.8, 4) is 0 Å². The predicted molar refractivity (Wildman–Crippen MR) is 59.0 cm³/mol. The second kappa shape index (κ2) is 3.22. The number of anilines is 1. The number of fused-ring (bicyclic) bond motifs is 1. The summed E-state index contributed by atoms with van der Waals surface area (Å²) in [7, 11) is 0. The maximum atomic E-state index is 4.59. The molecule has 3 rings (SSSR count). The van der Waals surface area contributed by atoms with Gasteiger partial charge in [-0.2, -0.15) is 5.10 Å². The first-order valence-corrected chi connectivity index (χ1v) is 5.41. The molecule has 0 aromatic carbocycles. The van der Waals surface area contributed by atoms with E-state index in [9.17, 15) is 0 Å². The molecule has 0 amide bonds. The van der Waals surface area contributed by atoms with E-state index in [4.69, 9.17) is 0 Å². The van der Waals surface area contributed by atoms with Crippen LogP contribution in [0.1, 0.15) is 19.8 Å². The van der Waals surface area contributed by atoms with Crippen LogP contribution in [0, 0.1) is 0 Å². The molecule has 78 valence electrons. The number of aromatic nitrogens is 3. The van der Waals surface area contributed by atoms with Crippen molar-refractivity contribution < 1.29 is 0 Å². The Labute approximate surface area is 88.5 Å². The van der Waals surface area contributed by atoms with Crippen molar-refractivity contribution in [1.29, 1.82) is 0 Å². The molecule has 1 fully saturated rings. The molecule has 0 aliphatic carbocycles. The van der Waals surface area contributed by atoms with Gasteiger partial charge < -0.3 is 4.90 Å². The summed E-state index contributed by atoms with van der Waals surface area (Å²) >= 11 is 0. The van der Waals surface area contributed by atoms with Gasteiger partial charge in [-0.1, -0.05) is 0 Å². The molecule has 1 aliphatic heterocycles. The monoisotopic (exact) mass is 202 g/mol. The predicted octanol–water partition coefficient (Wildman–Crippen LogP) is 1.72. The van der Waals surface area contributed by atoms with Gasteiger partial charge in [0.25, 0.3) is 0 Å². The van der Waals surface area contributed by atoms with Gasteiger partial charge >= 0.3 is 0 Å². The molecule has 1 unspecified atom stereocenters. The third-order valence-electron chi connectivity index (χ3n) is 3.09. The van der Waals surface area contributed by atoms with E-state index >= 15 is 0 Å². The molecule has 0 N–H and O–H groups in total. The minimum atomic E-state index is 0.614.